The number of hydrogen-bond acceptors (Lipinski definition) is 4. The first kappa shape index (κ1) is 11.9. The van der Waals surface area contributed by atoms with Gasteiger partial charge in [-0.2, -0.15) is 5.10 Å². The van der Waals surface area contributed by atoms with Crippen LogP contribution in [0.25, 0.3) is 0 Å². The average molecular weight is 297 g/mol. The third-order valence-electron chi connectivity index (χ3n) is 2.12. The Morgan fingerprint density at radius 3 is 3.00 bits per heavy atom. The summed E-state index contributed by atoms with van der Waals surface area (Å²) in [5, 5.41) is 4.16. The van der Waals surface area contributed by atoms with Crippen LogP contribution in [0.2, 0.25) is 0 Å². The number of aryl methyl sites for hydroxylation is 1. The molecule has 0 aliphatic carbocycles. The summed E-state index contributed by atoms with van der Waals surface area (Å²) in [6.45, 7) is 2.96. The number of hydrogen-bond donors (Lipinski definition) is 1. The molecule has 2 rings (SSSR count). The zero-order chi connectivity index (χ0) is 12.3. The molecule has 0 aliphatic rings. The molecule has 90 valence electrons. The van der Waals surface area contributed by atoms with E-state index in [2.05, 4.69) is 32.9 Å². The van der Waals surface area contributed by atoms with Gasteiger partial charge in [-0.3, -0.25) is 4.68 Å². The molecule has 2 aromatic rings. The number of halogens is 1. The van der Waals surface area contributed by atoms with Gasteiger partial charge in [0.15, 0.2) is 5.75 Å². The fraction of sp³-hybridized carbons (Fsp3) is 0.273. The zero-order valence-corrected chi connectivity index (χ0v) is 11.0. The van der Waals surface area contributed by atoms with Crippen LogP contribution in [0.3, 0.4) is 0 Å². The van der Waals surface area contributed by atoms with Crippen molar-refractivity contribution in [2.75, 3.05) is 5.73 Å². The van der Waals surface area contributed by atoms with Gasteiger partial charge in [0.05, 0.1) is 18.1 Å². The number of aromatic nitrogens is 3. The van der Waals surface area contributed by atoms with E-state index in [1.807, 2.05) is 10.9 Å². The van der Waals surface area contributed by atoms with Crippen molar-refractivity contribution in [2.24, 2.45) is 0 Å². The molecule has 0 saturated heterocycles. The highest BCUT2D eigenvalue weighted by Gasteiger charge is 2.06. The molecule has 0 radical (unpaired) electrons. The van der Waals surface area contributed by atoms with Crippen LogP contribution < -0.4 is 10.5 Å². The monoisotopic (exact) mass is 296 g/mol. The van der Waals surface area contributed by atoms with E-state index in [4.69, 9.17) is 10.5 Å². The van der Waals surface area contributed by atoms with Crippen molar-refractivity contribution in [1.82, 2.24) is 14.8 Å². The SMILES string of the molecule is CCCn1cc(Oc2ncc(Br)cc2N)cn1. The molecule has 2 heterocycles. The Balaban J connectivity index is 2.13. The Morgan fingerprint density at radius 1 is 1.47 bits per heavy atom. The third-order valence-corrected chi connectivity index (χ3v) is 2.56. The number of nitrogens with two attached hydrogens (primary N) is 1. The summed E-state index contributed by atoms with van der Waals surface area (Å²) in [6, 6.07) is 1.75. The first-order chi connectivity index (χ1) is 8.19. The van der Waals surface area contributed by atoms with Crippen LogP contribution in [0.5, 0.6) is 11.6 Å². The molecule has 0 unspecified atom stereocenters. The van der Waals surface area contributed by atoms with E-state index in [-0.39, 0.29) is 0 Å². The van der Waals surface area contributed by atoms with Gasteiger partial charge in [-0.15, -0.1) is 0 Å². The lowest BCUT2D eigenvalue weighted by Gasteiger charge is -2.04. The summed E-state index contributed by atoms with van der Waals surface area (Å²) >= 11 is 3.29. The minimum atomic E-state index is 0.393. The van der Waals surface area contributed by atoms with Crippen molar-refractivity contribution < 1.29 is 4.74 Å². The van der Waals surface area contributed by atoms with E-state index in [9.17, 15) is 0 Å². The molecular formula is C11H13BrN4O. The normalized spacial score (nSPS) is 10.5. The maximum atomic E-state index is 5.79. The second kappa shape index (κ2) is 5.18. The quantitative estimate of drug-likeness (QED) is 0.942. The number of nitrogens with zero attached hydrogens (tertiary/aromatic N) is 3. The maximum Gasteiger partial charge on any atom is 0.242 e. The lowest BCUT2D eigenvalue weighted by Crippen LogP contribution is -1.96. The van der Waals surface area contributed by atoms with Gasteiger partial charge < -0.3 is 10.5 Å². The minimum Gasteiger partial charge on any atom is -0.434 e. The Bertz CT molecular complexity index is 512. The van der Waals surface area contributed by atoms with E-state index in [0.717, 1.165) is 17.4 Å². The molecule has 0 atom stereocenters. The van der Waals surface area contributed by atoms with E-state index >= 15 is 0 Å². The van der Waals surface area contributed by atoms with E-state index < -0.39 is 0 Å². The largest absolute Gasteiger partial charge is 0.434 e. The number of pyridine rings is 1. The van der Waals surface area contributed by atoms with E-state index in [1.54, 1.807) is 18.5 Å². The Morgan fingerprint density at radius 2 is 2.29 bits per heavy atom. The fourth-order valence-corrected chi connectivity index (χ4v) is 1.74. The molecule has 17 heavy (non-hydrogen) atoms. The van der Waals surface area contributed by atoms with Gasteiger partial charge in [-0.1, -0.05) is 6.92 Å². The summed E-state index contributed by atoms with van der Waals surface area (Å²) in [6.07, 6.45) is 6.15. The Labute approximate surface area is 108 Å². The summed E-state index contributed by atoms with van der Waals surface area (Å²) < 4.78 is 8.20. The number of nitrogen functional groups attached to an aromatic ring is 1. The molecule has 6 heteroatoms. The first-order valence-corrected chi connectivity index (χ1v) is 6.09. The number of ether oxygens (including phenoxy) is 1. The van der Waals surface area contributed by atoms with E-state index in [0.29, 0.717) is 17.3 Å². The van der Waals surface area contributed by atoms with Crippen LogP contribution in [0.4, 0.5) is 5.69 Å². The second-order valence-corrected chi connectivity index (χ2v) is 4.50. The number of anilines is 1. The van der Waals surface area contributed by atoms with E-state index in [1.165, 1.54) is 0 Å². The predicted octanol–water partition coefficient (Wildman–Crippen LogP) is 2.83. The van der Waals surface area contributed by atoms with Crippen LogP contribution >= 0.6 is 15.9 Å². The highest BCUT2D eigenvalue weighted by atomic mass is 79.9. The Hall–Kier alpha value is -1.56. The number of rotatable bonds is 4. The van der Waals surface area contributed by atoms with Gasteiger partial charge in [0.2, 0.25) is 5.88 Å². The van der Waals surface area contributed by atoms with Crippen molar-refractivity contribution in [3.05, 3.63) is 29.1 Å². The molecule has 0 aliphatic heterocycles. The average Bonchev–Trinajstić information content (AvgIpc) is 2.71. The molecule has 2 N–H and O–H groups in total. The molecule has 2 aromatic heterocycles. The van der Waals surface area contributed by atoms with Gasteiger partial charge >= 0.3 is 0 Å². The van der Waals surface area contributed by atoms with Gasteiger partial charge in [-0.05, 0) is 28.4 Å². The molecule has 0 fully saturated rings. The standard InChI is InChI=1S/C11H13BrN4O/c1-2-3-16-7-9(6-15-16)17-11-10(13)4-8(12)5-14-11/h4-7H,2-3,13H2,1H3. The molecular weight excluding hydrogens is 284 g/mol. The second-order valence-electron chi connectivity index (χ2n) is 3.59. The molecule has 5 nitrogen and oxygen atoms in total. The van der Waals surface area contributed by atoms with Gasteiger partial charge in [0.25, 0.3) is 0 Å². The molecule has 0 saturated carbocycles. The highest BCUT2D eigenvalue weighted by Crippen LogP contribution is 2.26. The maximum absolute atomic E-state index is 5.79. The van der Waals surface area contributed by atoms with Crippen molar-refractivity contribution in [1.29, 1.82) is 0 Å². The molecule has 0 spiro atoms. The van der Waals surface area contributed by atoms with Crippen LogP contribution in [-0.4, -0.2) is 14.8 Å². The van der Waals surface area contributed by atoms with Crippen molar-refractivity contribution >= 4 is 21.6 Å². The lowest BCUT2D eigenvalue weighted by molar-refractivity contribution is 0.463. The van der Waals surface area contributed by atoms with Crippen molar-refractivity contribution in [3.63, 3.8) is 0 Å². The fourth-order valence-electron chi connectivity index (χ4n) is 1.39. The highest BCUT2D eigenvalue weighted by molar-refractivity contribution is 9.10. The van der Waals surface area contributed by atoms with Gasteiger partial charge in [-0.25, -0.2) is 4.98 Å². The van der Waals surface area contributed by atoms with Crippen molar-refractivity contribution in [3.8, 4) is 11.6 Å². The minimum absolute atomic E-state index is 0.393. The molecule has 0 amide bonds. The Kier molecular flexibility index (Phi) is 3.63. The molecule has 0 aromatic carbocycles. The smallest absolute Gasteiger partial charge is 0.242 e. The van der Waals surface area contributed by atoms with Crippen LogP contribution in [0, 0.1) is 0 Å². The van der Waals surface area contributed by atoms with Gasteiger partial charge in [0, 0.05) is 17.2 Å². The summed E-state index contributed by atoms with van der Waals surface area (Å²) in [7, 11) is 0. The summed E-state index contributed by atoms with van der Waals surface area (Å²) in [5.41, 5.74) is 6.28. The predicted molar refractivity (Wildman–Crippen MR) is 68.9 cm³/mol. The summed E-state index contributed by atoms with van der Waals surface area (Å²) in [5.74, 6) is 1.03. The zero-order valence-electron chi connectivity index (χ0n) is 9.43. The topological polar surface area (TPSA) is 66.0 Å². The summed E-state index contributed by atoms with van der Waals surface area (Å²) in [4.78, 5) is 4.10. The third kappa shape index (κ3) is 2.97. The van der Waals surface area contributed by atoms with Gasteiger partial charge in [0.1, 0.15) is 0 Å². The molecule has 0 bridgehead atoms. The van der Waals surface area contributed by atoms with Crippen molar-refractivity contribution in [2.45, 2.75) is 19.9 Å². The van der Waals surface area contributed by atoms with Crippen LogP contribution in [0.1, 0.15) is 13.3 Å². The lowest BCUT2D eigenvalue weighted by atomic mass is 10.4. The van der Waals surface area contributed by atoms with Crippen LogP contribution in [-0.2, 0) is 6.54 Å². The van der Waals surface area contributed by atoms with Crippen LogP contribution in [0.15, 0.2) is 29.1 Å². The first-order valence-electron chi connectivity index (χ1n) is 5.30.